The Morgan fingerprint density at radius 1 is 1.27 bits per heavy atom. The van der Waals surface area contributed by atoms with Crippen LogP contribution in [0.15, 0.2) is 34.5 Å². The second kappa shape index (κ2) is 9.14. The lowest BCUT2D eigenvalue weighted by atomic mass is 10.2. The van der Waals surface area contributed by atoms with Crippen molar-refractivity contribution in [2.45, 2.75) is 32.4 Å². The van der Waals surface area contributed by atoms with Gasteiger partial charge >= 0.3 is 5.97 Å². The summed E-state index contributed by atoms with van der Waals surface area (Å²) in [7, 11) is 0. The second-order valence-corrected chi connectivity index (χ2v) is 6.79. The molecule has 26 heavy (non-hydrogen) atoms. The van der Waals surface area contributed by atoms with Crippen LogP contribution in [-0.4, -0.2) is 40.5 Å². The van der Waals surface area contributed by atoms with Gasteiger partial charge in [0.05, 0.1) is 12.2 Å². The van der Waals surface area contributed by atoms with Gasteiger partial charge in [-0.2, -0.15) is 5.10 Å². The van der Waals surface area contributed by atoms with Gasteiger partial charge in [0.25, 0.3) is 0 Å². The number of hydrogen-bond donors (Lipinski definition) is 2. The average Bonchev–Trinajstić information content (AvgIpc) is 2.93. The molecule has 0 bridgehead atoms. The zero-order valence-corrected chi connectivity index (χ0v) is 15.6. The zero-order valence-electron chi connectivity index (χ0n) is 14.7. The van der Waals surface area contributed by atoms with Gasteiger partial charge in [-0.1, -0.05) is 11.8 Å². The normalized spacial score (nSPS) is 17.6. The highest BCUT2D eigenvalue weighted by molar-refractivity contribution is 8.15. The Bertz CT molecular complexity index is 755. The lowest BCUT2D eigenvalue weighted by molar-refractivity contribution is -0.122. The molecule has 0 spiro atoms. The number of nitrogens with one attached hydrogen (secondary N) is 2. The van der Waals surface area contributed by atoms with E-state index < -0.39 is 11.2 Å². The van der Waals surface area contributed by atoms with Gasteiger partial charge in [-0.15, -0.1) is 5.10 Å². The minimum absolute atomic E-state index is 0.00394. The van der Waals surface area contributed by atoms with E-state index >= 15 is 0 Å². The van der Waals surface area contributed by atoms with Crippen LogP contribution < -0.4 is 10.6 Å². The van der Waals surface area contributed by atoms with Crippen molar-refractivity contribution in [1.82, 2.24) is 5.32 Å². The number of nitrogens with zero attached hydrogens (tertiary/aromatic N) is 2. The Morgan fingerprint density at radius 3 is 2.58 bits per heavy atom. The molecule has 1 aliphatic rings. The van der Waals surface area contributed by atoms with Gasteiger partial charge in [-0.3, -0.25) is 9.59 Å². The summed E-state index contributed by atoms with van der Waals surface area (Å²) in [6.07, 6.45) is 0.00394. The molecule has 2 N–H and O–H groups in total. The number of anilines is 1. The molecule has 0 aromatic heterocycles. The molecule has 1 aromatic carbocycles. The van der Waals surface area contributed by atoms with Gasteiger partial charge < -0.3 is 15.4 Å². The largest absolute Gasteiger partial charge is 0.462 e. The fourth-order valence-corrected chi connectivity index (χ4v) is 2.93. The molecule has 8 nitrogen and oxygen atoms in total. The lowest BCUT2D eigenvalue weighted by Crippen LogP contribution is -2.28. The number of esters is 1. The van der Waals surface area contributed by atoms with E-state index in [1.807, 2.05) is 0 Å². The van der Waals surface area contributed by atoms with Crippen LogP contribution in [0.1, 0.15) is 37.6 Å². The maximum Gasteiger partial charge on any atom is 0.338 e. The third kappa shape index (κ3) is 5.69. The zero-order chi connectivity index (χ0) is 19.1. The molecule has 2 rings (SSSR count). The average molecular weight is 376 g/mol. The van der Waals surface area contributed by atoms with Crippen LogP contribution in [0.25, 0.3) is 0 Å². The predicted octanol–water partition coefficient (Wildman–Crippen LogP) is 2.18. The van der Waals surface area contributed by atoms with Gasteiger partial charge in [0.15, 0.2) is 5.17 Å². The number of benzene rings is 1. The van der Waals surface area contributed by atoms with Crippen molar-refractivity contribution in [2.24, 2.45) is 10.2 Å². The first kappa shape index (κ1) is 19.6. The van der Waals surface area contributed by atoms with Gasteiger partial charge in [-0.25, -0.2) is 4.79 Å². The number of amides is 2. The van der Waals surface area contributed by atoms with E-state index in [0.29, 0.717) is 23.0 Å². The molecule has 1 unspecified atom stereocenters. The Hall–Kier alpha value is -2.68. The van der Waals surface area contributed by atoms with Crippen LogP contribution in [0.5, 0.6) is 0 Å². The number of carbonyl (C=O) groups is 3. The minimum atomic E-state index is -0.556. The summed E-state index contributed by atoms with van der Waals surface area (Å²) in [6, 6.07) is 6.36. The van der Waals surface area contributed by atoms with E-state index in [2.05, 4.69) is 20.8 Å². The van der Waals surface area contributed by atoms with Crippen molar-refractivity contribution < 1.29 is 19.1 Å². The quantitative estimate of drug-likeness (QED) is 0.449. The first-order chi connectivity index (χ1) is 12.4. The molecule has 1 saturated heterocycles. The van der Waals surface area contributed by atoms with Gasteiger partial charge in [0, 0.05) is 17.8 Å². The molecule has 0 saturated carbocycles. The van der Waals surface area contributed by atoms with Crippen molar-refractivity contribution in [2.75, 3.05) is 11.9 Å². The predicted molar refractivity (Wildman–Crippen MR) is 101 cm³/mol. The van der Waals surface area contributed by atoms with E-state index in [4.69, 9.17) is 4.74 Å². The summed E-state index contributed by atoms with van der Waals surface area (Å²) in [5.74, 6) is -0.996. The van der Waals surface area contributed by atoms with E-state index in [9.17, 15) is 14.4 Å². The van der Waals surface area contributed by atoms with E-state index in [1.54, 1.807) is 45.0 Å². The molecule has 9 heteroatoms. The number of amidine groups is 1. The van der Waals surface area contributed by atoms with E-state index in [-0.39, 0.29) is 18.2 Å². The molecule has 1 aromatic rings. The van der Waals surface area contributed by atoms with Crippen molar-refractivity contribution >= 4 is 46.1 Å². The molecule has 2 amide bonds. The van der Waals surface area contributed by atoms with Crippen LogP contribution in [0.2, 0.25) is 0 Å². The minimum Gasteiger partial charge on any atom is -0.462 e. The van der Waals surface area contributed by atoms with Crippen LogP contribution >= 0.6 is 11.8 Å². The summed E-state index contributed by atoms with van der Waals surface area (Å²) in [5, 5.41) is 12.9. The number of carbonyl (C=O) groups excluding carboxylic acids is 3. The summed E-state index contributed by atoms with van der Waals surface area (Å²) in [6.45, 7) is 5.62. The highest BCUT2D eigenvalue weighted by Gasteiger charge is 2.32. The number of thioether (sulfide) groups is 1. The fourth-order valence-electron chi connectivity index (χ4n) is 2.02. The highest BCUT2D eigenvalue weighted by atomic mass is 32.2. The maximum absolute atomic E-state index is 12.1. The van der Waals surface area contributed by atoms with E-state index in [1.165, 1.54) is 11.8 Å². The third-order valence-electron chi connectivity index (χ3n) is 3.17. The molecule has 138 valence electrons. The smallest absolute Gasteiger partial charge is 0.338 e. The fraction of sp³-hybridized carbons (Fsp3) is 0.353. The first-order valence-electron chi connectivity index (χ1n) is 8.02. The van der Waals surface area contributed by atoms with Crippen LogP contribution in [-0.2, 0) is 14.3 Å². The van der Waals surface area contributed by atoms with Crippen molar-refractivity contribution in [3.63, 3.8) is 0 Å². The third-order valence-corrected chi connectivity index (χ3v) is 4.24. The standard InChI is InChI=1S/C17H20N4O4S/c1-4-25-16(24)11-5-7-12(8-6-11)18-14(22)9-13-15(23)19-17(26-13)21-20-10(2)3/h5-8,13H,4,9H2,1-3H3,(H,18,22)(H,19,21,23). The Kier molecular flexibility index (Phi) is 6.90. The van der Waals surface area contributed by atoms with Gasteiger partial charge in [-0.05, 0) is 45.0 Å². The molecule has 0 radical (unpaired) electrons. The first-order valence-corrected chi connectivity index (χ1v) is 8.90. The second-order valence-electron chi connectivity index (χ2n) is 5.60. The highest BCUT2D eigenvalue weighted by Crippen LogP contribution is 2.23. The summed E-state index contributed by atoms with van der Waals surface area (Å²) in [4.78, 5) is 35.6. The topological polar surface area (TPSA) is 109 Å². The van der Waals surface area contributed by atoms with Crippen molar-refractivity contribution in [1.29, 1.82) is 0 Å². The molecule has 1 aliphatic heterocycles. The lowest BCUT2D eigenvalue weighted by Gasteiger charge is -2.08. The van der Waals surface area contributed by atoms with Crippen LogP contribution in [0, 0.1) is 0 Å². The Labute approximate surface area is 155 Å². The molecular formula is C17H20N4O4S. The monoisotopic (exact) mass is 376 g/mol. The van der Waals surface area contributed by atoms with Gasteiger partial charge in [0.2, 0.25) is 11.8 Å². The molecule has 1 fully saturated rings. The molecule has 0 aliphatic carbocycles. The van der Waals surface area contributed by atoms with Crippen molar-refractivity contribution in [3.05, 3.63) is 29.8 Å². The number of hydrogen-bond acceptors (Lipinski definition) is 7. The van der Waals surface area contributed by atoms with Crippen LogP contribution in [0.3, 0.4) is 0 Å². The van der Waals surface area contributed by atoms with Crippen LogP contribution in [0.4, 0.5) is 5.69 Å². The Balaban J connectivity index is 1.90. The SMILES string of the molecule is CCOC(=O)c1ccc(NC(=O)CC2SC(=NN=C(C)C)NC2=O)cc1. The van der Waals surface area contributed by atoms with E-state index in [0.717, 1.165) is 5.71 Å². The molecule has 1 heterocycles. The van der Waals surface area contributed by atoms with Crippen molar-refractivity contribution in [3.8, 4) is 0 Å². The summed E-state index contributed by atoms with van der Waals surface area (Å²) >= 11 is 1.17. The summed E-state index contributed by atoms with van der Waals surface area (Å²) in [5.41, 5.74) is 1.70. The maximum atomic E-state index is 12.1. The molecular weight excluding hydrogens is 356 g/mol. The number of rotatable bonds is 6. The van der Waals surface area contributed by atoms with Gasteiger partial charge in [0.1, 0.15) is 5.25 Å². The number of ether oxygens (including phenoxy) is 1. The Morgan fingerprint density at radius 2 is 1.96 bits per heavy atom. The summed E-state index contributed by atoms with van der Waals surface area (Å²) < 4.78 is 4.90. The molecule has 1 atom stereocenters.